The summed E-state index contributed by atoms with van der Waals surface area (Å²) >= 11 is 7.54. The number of hydrogen-bond donors (Lipinski definition) is 0. The summed E-state index contributed by atoms with van der Waals surface area (Å²) in [6.45, 7) is 6.44. The summed E-state index contributed by atoms with van der Waals surface area (Å²) in [6, 6.07) is 15.6. The molecule has 0 bridgehead atoms. The molecule has 1 aromatic heterocycles. The van der Waals surface area contributed by atoms with Crippen LogP contribution in [-0.4, -0.2) is 32.8 Å². The van der Waals surface area contributed by atoms with Gasteiger partial charge in [-0.05, 0) is 30.7 Å². The maximum Gasteiger partial charge on any atom is 0.191 e. The van der Waals surface area contributed by atoms with Crippen LogP contribution < -0.4 is 9.64 Å². The van der Waals surface area contributed by atoms with Gasteiger partial charge in [0.1, 0.15) is 12.4 Å². The minimum absolute atomic E-state index is 0.0413. The zero-order chi connectivity index (χ0) is 23.8. The van der Waals surface area contributed by atoms with Crippen LogP contribution >= 0.6 is 23.4 Å². The quantitative estimate of drug-likeness (QED) is 0.331. The molecule has 0 aliphatic carbocycles. The van der Waals surface area contributed by atoms with Crippen LogP contribution in [0.25, 0.3) is 0 Å². The highest BCUT2D eigenvalue weighted by atomic mass is 35.5. The highest BCUT2D eigenvalue weighted by Crippen LogP contribution is 2.46. The molecular weight excluding hydrogens is 456 g/mol. The Morgan fingerprint density at radius 3 is 2.58 bits per heavy atom. The maximum atomic E-state index is 13.1. The van der Waals surface area contributed by atoms with E-state index in [1.165, 1.54) is 17.3 Å². The predicted octanol–water partition coefficient (Wildman–Crippen LogP) is 5.41. The molecule has 0 saturated carbocycles. The van der Waals surface area contributed by atoms with Crippen LogP contribution in [0.15, 0.2) is 65.5 Å². The molecule has 2 heterocycles. The lowest BCUT2D eigenvalue weighted by Gasteiger charge is -2.24. The van der Waals surface area contributed by atoms with E-state index >= 15 is 0 Å². The third-order valence-corrected chi connectivity index (χ3v) is 7.49. The Balaban J connectivity index is 1.45. The average molecular weight is 483 g/mol. The second-order valence-electron chi connectivity index (χ2n) is 8.57. The fourth-order valence-electron chi connectivity index (χ4n) is 4.00. The van der Waals surface area contributed by atoms with Crippen LogP contribution in [0.3, 0.4) is 0 Å². The van der Waals surface area contributed by atoms with E-state index in [-0.39, 0.29) is 23.1 Å². The highest BCUT2D eigenvalue weighted by Gasteiger charge is 2.38. The molecule has 0 fully saturated rings. The number of allylic oxidation sites excluding steroid dienone is 2. The monoisotopic (exact) mass is 482 g/mol. The molecule has 0 saturated heterocycles. The number of halogens is 1. The van der Waals surface area contributed by atoms with Crippen LogP contribution in [0.5, 0.6) is 5.75 Å². The molecule has 4 rings (SSSR count). The van der Waals surface area contributed by atoms with Crippen molar-refractivity contribution in [1.29, 1.82) is 0 Å². The summed E-state index contributed by atoms with van der Waals surface area (Å²) in [5.74, 6) is 1.29. The van der Waals surface area contributed by atoms with Crippen molar-refractivity contribution >= 4 is 34.8 Å². The zero-order valence-corrected chi connectivity index (χ0v) is 20.9. The van der Waals surface area contributed by atoms with Crippen LogP contribution in [0.4, 0.5) is 5.69 Å². The summed E-state index contributed by atoms with van der Waals surface area (Å²) in [4.78, 5) is 15.2. The van der Waals surface area contributed by atoms with Crippen LogP contribution in [0, 0.1) is 0 Å². The van der Waals surface area contributed by atoms with Crippen molar-refractivity contribution in [2.45, 2.75) is 43.2 Å². The maximum absolute atomic E-state index is 13.1. The topological polar surface area (TPSA) is 60.3 Å². The summed E-state index contributed by atoms with van der Waals surface area (Å²) in [7, 11) is 3.88. The van der Waals surface area contributed by atoms with Crippen molar-refractivity contribution in [3.05, 3.63) is 76.7 Å². The number of para-hydroxylation sites is 2. The normalized spacial score (nSPS) is 16.7. The molecule has 2 aromatic carbocycles. The van der Waals surface area contributed by atoms with Crippen molar-refractivity contribution in [2.24, 2.45) is 7.05 Å². The van der Waals surface area contributed by atoms with Gasteiger partial charge in [0.05, 0.1) is 10.3 Å². The number of carbonyl (C=O) groups is 1. The Labute approximate surface area is 203 Å². The van der Waals surface area contributed by atoms with Crippen molar-refractivity contribution in [1.82, 2.24) is 14.8 Å². The van der Waals surface area contributed by atoms with Gasteiger partial charge in [0.2, 0.25) is 0 Å². The van der Waals surface area contributed by atoms with Crippen molar-refractivity contribution < 1.29 is 9.53 Å². The molecule has 8 heteroatoms. The Bertz CT molecular complexity index is 1220. The molecule has 6 nitrogen and oxygen atoms in total. The molecule has 172 valence electrons. The van der Waals surface area contributed by atoms with E-state index in [9.17, 15) is 4.79 Å². The number of thioether (sulfide) groups is 1. The minimum atomic E-state index is -0.314. The lowest BCUT2D eigenvalue weighted by Crippen LogP contribution is -2.25. The van der Waals surface area contributed by atoms with Gasteiger partial charge in [-0.25, -0.2) is 0 Å². The fraction of sp³-hybridized carbons (Fsp3) is 0.320. The molecule has 0 N–H and O–H groups in total. The molecule has 1 aliphatic rings. The van der Waals surface area contributed by atoms with Gasteiger partial charge in [-0.3, -0.25) is 4.79 Å². The van der Waals surface area contributed by atoms with E-state index in [0.717, 1.165) is 11.4 Å². The summed E-state index contributed by atoms with van der Waals surface area (Å²) in [6.07, 6.45) is 1.77. The van der Waals surface area contributed by atoms with E-state index < -0.39 is 0 Å². The molecule has 0 amide bonds. The molecule has 3 aromatic rings. The zero-order valence-electron chi connectivity index (χ0n) is 19.4. The molecule has 1 aliphatic heterocycles. The molecule has 33 heavy (non-hydrogen) atoms. The SMILES string of the molecule is CC(Sc1nnc(COc2ccccc2Cl)n1C)C(=O)/C=C1\N(C)c2ccccc2C1(C)C. The molecule has 0 radical (unpaired) electrons. The van der Waals surface area contributed by atoms with E-state index in [0.29, 0.717) is 21.8 Å². The van der Waals surface area contributed by atoms with Crippen molar-refractivity contribution in [2.75, 3.05) is 11.9 Å². The summed E-state index contributed by atoms with van der Waals surface area (Å²) in [5.41, 5.74) is 3.12. The van der Waals surface area contributed by atoms with Gasteiger partial charge in [0, 0.05) is 37.0 Å². The van der Waals surface area contributed by atoms with Crippen molar-refractivity contribution in [3.8, 4) is 5.75 Å². The fourth-order valence-corrected chi connectivity index (χ4v) is 5.05. The number of benzene rings is 2. The molecule has 1 atom stereocenters. The minimum Gasteiger partial charge on any atom is -0.484 e. The number of fused-ring (bicyclic) bond motifs is 1. The number of likely N-dealkylation sites (N-methyl/N-ethyl adjacent to an activating group) is 1. The lowest BCUT2D eigenvalue weighted by molar-refractivity contribution is -0.114. The largest absolute Gasteiger partial charge is 0.484 e. The van der Waals surface area contributed by atoms with Gasteiger partial charge < -0.3 is 14.2 Å². The van der Waals surface area contributed by atoms with Crippen molar-refractivity contribution in [3.63, 3.8) is 0 Å². The third-order valence-electron chi connectivity index (χ3n) is 6.02. The summed E-state index contributed by atoms with van der Waals surface area (Å²) in [5, 5.41) is 9.38. The first-order valence-corrected chi connectivity index (χ1v) is 12.0. The number of carbonyl (C=O) groups excluding carboxylic acids is 1. The van der Waals surface area contributed by atoms with Crippen LogP contribution in [-0.2, 0) is 23.9 Å². The number of rotatable bonds is 7. The number of hydrogen-bond acceptors (Lipinski definition) is 6. The van der Waals surface area contributed by atoms with E-state index in [1.807, 2.05) is 55.9 Å². The van der Waals surface area contributed by atoms with Gasteiger partial charge in [-0.15, -0.1) is 10.2 Å². The Kier molecular flexibility index (Phi) is 6.54. The van der Waals surface area contributed by atoms with E-state index in [1.54, 1.807) is 12.1 Å². The molecule has 0 spiro atoms. The first kappa shape index (κ1) is 23.4. The standard InChI is InChI=1S/C25H27ClN4O2S/c1-16(20(31)14-22-25(2,3)17-10-6-8-12-19(17)29(22)4)33-24-28-27-23(30(24)5)15-32-21-13-9-7-11-18(21)26/h6-14,16H,15H2,1-5H3/b22-14-. The number of nitrogens with zero attached hydrogens (tertiary/aromatic N) is 4. The van der Waals surface area contributed by atoms with Gasteiger partial charge >= 0.3 is 0 Å². The van der Waals surface area contributed by atoms with Gasteiger partial charge in [-0.2, -0.15) is 0 Å². The highest BCUT2D eigenvalue weighted by molar-refractivity contribution is 8.00. The first-order chi connectivity index (χ1) is 15.7. The Morgan fingerprint density at radius 2 is 1.85 bits per heavy atom. The number of anilines is 1. The lowest BCUT2D eigenvalue weighted by atomic mass is 9.83. The van der Waals surface area contributed by atoms with Gasteiger partial charge in [0.15, 0.2) is 16.8 Å². The number of aromatic nitrogens is 3. The van der Waals surface area contributed by atoms with Crippen LogP contribution in [0.1, 0.15) is 32.2 Å². The number of ether oxygens (including phenoxy) is 1. The molecule has 1 unspecified atom stereocenters. The Morgan fingerprint density at radius 1 is 1.15 bits per heavy atom. The predicted molar refractivity (Wildman–Crippen MR) is 133 cm³/mol. The summed E-state index contributed by atoms with van der Waals surface area (Å²) < 4.78 is 7.62. The van der Waals surface area contributed by atoms with Gasteiger partial charge in [0.25, 0.3) is 0 Å². The second kappa shape index (κ2) is 9.23. The third kappa shape index (κ3) is 4.52. The Hall–Kier alpha value is -2.77. The average Bonchev–Trinajstić information content (AvgIpc) is 3.23. The number of ketones is 1. The molecular formula is C25H27ClN4O2S. The van der Waals surface area contributed by atoms with E-state index in [4.69, 9.17) is 16.3 Å². The van der Waals surface area contributed by atoms with Crippen LogP contribution in [0.2, 0.25) is 5.02 Å². The second-order valence-corrected chi connectivity index (χ2v) is 10.3. The van der Waals surface area contributed by atoms with E-state index in [2.05, 4.69) is 41.1 Å². The smallest absolute Gasteiger partial charge is 0.191 e. The van der Waals surface area contributed by atoms with Gasteiger partial charge in [-0.1, -0.05) is 67.5 Å². The first-order valence-electron chi connectivity index (χ1n) is 10.7.